The van der Waals surface area contributed by atoms with Crippen LogP contribution in [0.1, 0.15) is 12.8 Å². The Hall–Kier alpha value is -1.29. The summed E-state index contributed by atoms with van der Waals surface area (Å²) in [5, 5.41) is 3.29. The fraction of sp³-hybridized carbons (Fsp3) is 0.455. The Labute approximate surface area is 99.6 Å². The second-order valence-corrected chi connectivity index (χ2v) is 4.24. The van der Waals surface area contributed by atoms with Crippen LogP contribution in [-0.2, 0) is 4.79 Å². The number of nitrogens with one attached hydrogen (secondary N) is 1. The molecule has 2 rings (SSSR count). The predicted molar refractivity (Wildman–Crippen MR) is 63.7 cm³/mol. The van der Waals surface area contributed by atoms with Crippen molar-refractivity contribution < 1.29 is 4.79 Å². The smallest absolute Gasteiger partial charge is 0.242 e. The van der Waals surface area contributed by atoms with E-state index in [1.54, 1.807) is 19.3 Å². The van der Waals surface area contributed by atoms with Crippen molar-refractivity contribution in [2.45, 2.75) is 18.9 Å². The number of likely N-dealkylation sites (N-methyl/N-ethyl adjacent to an activating group) is 1. The van der Waals surface area contributed by atoms with Crippen molar-refractivity contribution in [1.29, 1.82) is 0 Å². The van der Waals surface area contributed by atoms with Crippen molar-refractivity contribution in [1.82, 2.24) is 10.3 Å². The number of anilines is 1. The first-order valence-electron chi connectivity index (χ1n) is 5.32. The van der Waals surface area contributed by atoms with Crippen LogP contribution in [-0.4, -0.2) is 30.5 Å². The van der Waals surface area contributed by atoms with E-state index in [9.17, 15) is 4.79 Å². The first-order chi connectivity index (χ1) is 7.72. The van der Waals surface area contributed by atoms with Crippen molar-refractivity contribution >= 4 is 23.3 Å². The third kappa shape index (κ3) is 2.11. The molecule has 1 aliphatic heterocycles. The summed E-state index contributed by atoms with van der Waals surface area (Å²) in [6.07, 6.45) is 3.50. The lowest BCUT2D eigenvalue weighted by Gasteiger charge is -2.24. The second-order valence-electron chi connectivity index (χ2n) is 3.80. The van der Waals surface area contributed by atoms with Gasteiger partial charge in [0.25, 0.3) is 0 Å². The third-order valence-electron chi connectivity index (χ3n) is 2.81. The van der Waals surface area contributed by atoms with Crippen molar-refractivity contribution in [2.75, 3.05) is 18.5 Å². The highest BCUT2D eigenvalue weighted by Gasteiger charge is 2.30. The average molecular weight is 240 g/mol. The predicted octanol–water partition coefficient (Wildman–Crippen LogP) is 1.45. The van der Waals surface area contributed by atoms with Crippen LogP contribution in [0.2, 0.25) is 5.02 Å². The first kappa shape index (κ1) is 11.2. The zero-order valence-corrected chi connectivity index (χ0v) is 9.87. The summed E-state index contributed by atoms with van der Waals surface area (Å²) in [5.41, 5.74) is 0. The van der Waals surface area contributed by atoms with E-state index >= 15 is 0 Å². The number of carbonyl (C=O) groups excluding carboxylic acids is 1. The molecule has 16 heavy (non-hydrogen) atoms. The van der Waals surface area contributed by atoms with Gasteiger partial charge in [-0.25, -0.2) is 4.98 Å². The number of amides is 1. The van der Waals surface area contributed by atoms with E-state index in [1.165, 1.54) is 0 Å². The second kappa shape index (κ2) is 4.70. The Balaban J connectivity index is 2.19. The number of carbonyl (C=O) groups is 1. The van der Waals surface area contributed by atoms with Gasteiger partial charge in [0.05, 0.1) is 5.02 Å². The molecule has 0 saturated carbocycles. The van der Waals surface area contributed by atoms with Crippen LogP contribution in [0.3, 0.4) is 0 Å². The maximum Gasteiger partial charge on any atom is 0.242 e. The number of hydrogen-bond donors (Lipinski definition) is 1. The van der Waals surface area contributed by atoms with Crippen LogP contribution in [0.15, 0.2) is 18.3 Å². The molecule has 0 aromatic carbocycles. The fourth-order valence-corrected chi connectivity index (χ4v) is 2.13. The molecule has 1 aromatic rings. The van der Waals surface area contributed by atoms with Gasteiger partial charge in [-0.3, -0.25) is 4.79 Å². The van der Waals surface area contributed by atoms with Crippen LogP contribution in [0, 0.1) is 0 Å². The van der Waals surface area contributed by atoms with Gasteiger partial charge in [-0.05, 0) is 25.0 Å². The van der Waals surface area contributed by atoms with Gasteiger partial charge in [0.15, 0.2) is 0 Å². The van der Waals surface area contributed by atoms with E-state index in [-0.39, 0.29) is 11.9 Å². The van der Waals surface area contributed by atoms with Gasteiger partial charge in [-0.2, -0.15) is 0 Å². The summed E-state index contributed by atoms with van der Waals surface area (Å²) in [6.45, 7) is 0.868. The number of nitrogens with zero attached hydrogens (tertiary/aromatic N) is 2. The molecule has 0 bridgehead atoms. The largest absolute Gasteiger partial charge is 0.357 e. The molecule has 86 valence electrons. The molecule has 1 fully saturated rings. The maximum atomic E-state index is 11.7. The number of halogens is 1. The summed E-state index contributed by atoms with van der Waals surface area (Å²) < 4.78 is 0. The fourth-order valence-electron chi connectivity index (χ4n) is 2.02. The molecule has 1 unspecified atom stereocenters. The highest BCUT2D eigenvalue weighted by atomic mass is 35.5. The number of pyridine rings is 1. The number of hydrogen-bond acceptors (Lipinski definition) is 3. The van der Waals surface area contributed by atoms with Crippen LogP contribution < -0.4 is 10.2 Å². The Morgan fingerprint density at radius 2 is 2.44 bits per heavy atom. The third-order valence-corrected chi connectivity index (χ3v) is 3.03. The minimum Gasteiger partial charge on any atom is -0.357 e. The zero-order valence-electron chi connectivity index (χ0n) is 9.11. The Bertz CT molecular complexity index is 379. The Morgan fingerprint density at radius 3 is 3.06 bits per heavy atom. The molecule has 1 N–H and O–H groups in total. The van der Waals surface area contributed by atoms with Crippen LogP contribution >= 0.6 is 11.6 Å². The summed E-state index contributed by atoms with van der Waals surface area (Å²) >= 11 is 5.78. The van der Waals surface area contributed by atoms with Gasteiger partial charge in [0, 0.05) is 19.8 Å². The average Bonchev–Trinajstić information content (AvgIpc) is 2.78. The number of aromatic nitrogens is 1. The van der Waals surface area contributed by atoms with Gasteiger partial charge < -0.3 is 10.2 Å². The molecule has 4 nitrogen and oxygen atoms in total. The van der Waals surface area contributed by atoms with Gasteiger partial charge >= 0.3 is 0 Å². The summed E-state index contributed by atoms with van der Waals surface area (Å²) in [5.74, 6) is 0.866. The summed E-state index contributed by atoms with van der Waals surface area (Å²) in [6, 6.07) is 3.55. The van der Waals surface area contributed by atoms with Gasteiger partial charge in [-0.15, -0.1) is 0 Å². The number of rotatable bonds is 2. The minimum atomic E-state index is -0.0984. The van der Waals surface area contributed by atoms with Gasteiger partial charge in [0.2, 0.25) is 5.91 Å². The maximum absolute atomic E-state index is 11.7. The molecule has 0 aliphatic carbocycles. The summed E-state index contributed by atoms with van der Waals surface area (Å²) in [7, 11) is 1.66. The zero-order chi connectivity index (χ0) is 11.5. The van der Waals surface area contributed by atoms with E-state index in [0.717, 1.165) is 25.2 Å². The van der Waals surface area contributed by atoms with Crippen molar-refractivity contribution in [3.05, 3.63) is 23.4 Å². The minimum absolute atomic E-state index is 0.0502. The highest BCUT2D eigenvalue weighted by molar-refractivity contribution is 6.30. The van der Waals surface area contributed by atoms with E-state index in [1.807, 2.05) is 11.0 Å². The lowest BCUT2D eigenvalue weighted by molar-refractivity contribution is -0.121. The molecular weight excluding hydrogens is 226 g/mol. The van der Waals surface area contributed by atoms with Crippen LogP contribution in [0.5, 0.6) is 0 Å². The van der Waals surface area contributed by atoms with Crippen LogP contribution in [0.4, 0.5) is 5.82 Å². The van der Waals surface area contributed by atoms with Crippen molar-refractivity contribution in [2.24, 2.45) is 0 Å². The Kier molecular flexibility index (Phi) is 3.29. The topological polar surface area (TPSA) is 45.2 Å². The van der Waals surface area contributed by atoms with Crippen molar-refractivity contribution in [3.63, 3.8) is 0 Å². The van der Waals surface area contributed by atoms with Gasteiger partial charge in [0.1, 0.15) is 11.9 Å². The van der Waals surface area contributed by atoms with E-state index < -0.39 is 0 Å². The van der Waals surface area contributed by atoms with E-state index in [2.05, 4.69) is 10.3 Å². The molecule has 1 aliphatic rings. The molecule has 2 heterocycles. The standard InChI is InChI=1S/C11H14ClN3O/c1-13-11(16)9-3-2-6-15(9)10-5-4-8(12)7-14-10/h4-5,7,9H,2-3,6H2,1H3,(H,13,16). The van der Waals surface area contributed by atoms with Crippen LogP contribution in [0.25, 0.3) is 0 Å². The molecule has 1 saturated heterocycles. The molecular formula is C11H14ClN3O. The van der Waals surface area contributed by atoms with E-state index in [0.29, 0.717) is 5.02 Å². The lowest BCUT2D eigenvalue weighted by Crippen LogP contribution is -2.42. The molecule has 1 atom stereocenters. The van der Waals surface area contributed by atoms with Gasteiger partial charge in [-0.1, -0.05) is 11.6 Å². The molecule has 0 spiro atoms. The van der Waals surface area contributed by atoms with E-state index in [4.69, 9.17) is 11.6 Å². The molecule has 1 amide bonds. The quantitative estimate of drug-likeness (QED) is 0.850. The molecule has 5 heteroatoms. The Morgan fingerprint density at radius 1 is 1.62 bits per heavy atom. The monoisotopic (exact) mass is 239 g/mol. The SMILES string of the molecule is CNC(=O)C1CCCN1c1ccc(Cl)cn1. The molecule has 0 radical (unpaired) electrons. The van der Waals surface area contributed by atoms with Crippen molar-refractivity contribution in [3.8, 4) is 0 Å². The lowest BCUT2D eigenvalue weighted by atomic mass is 10.2. The normalized spacial score (nSPS) is 19.9. The molecule has 1 aromatic heterocycles. The summed E-state index contributed by atoms with van der Waals surface area (Å²) in [4.78, 5) is 17.9. The first-order valence-corrected chi connectivity index (χ1v) is 5.70. The highest BCUT2D eigenvalue weighted by Crippen LogP contribution is 2.24.